The van der Waals surface area contributed by atoms with E-state index in [2.05, 4.69) is 13.0 Å². The van der Waals surface area contributed by atoms with E-state index in [1.807, 2.05) is 18.2 Å². The largest absolute Gasteiger partial charge is 0.327 e. The number of hydrogen-bond donors (Lipinski definition) is 1. The summed E-state index contributed by atoms with van der Waals surface area (Å²) in [7, 11) is 0. The summed E-state index contributed by atoms with van der Waals surface area (Å²) in [5, 5.41) is 0.881. The van der Waals surface area contributed by atoms with Gasteiger partial charge in [-0.2, -0.15) is 0 Å². The van der Waals surface area contributed by atoms with Crippen LogP contribution in [-0.2, 0) is 0 Å². The smallest absolute Gasteiger partial charge is 0.0440 e. The minimum absolute atomic E-state index is 0.362. The molecule has 2 N–H and O–H groups in total. The molecule has 3 unspecified atom stereocenters. The Kier molecular flexibility index (Phi) is 2.31. The van der Waals surface area contributed by atoms with Crippen molar-refractivity contribution >= 4 is 11.6 Å². The lowest BCUT2D eigenvalue weighted by molar-refractivity contribution is 0.227. The number of rotatable bonds is 1. The Morgan fingerprint density at radius 1 is 1.38 bits per heavy atom. The highest BCUT2D eigenvalue weighted by atomic mass is 35.5. The van der Waals surface area contributed by atoms with E-state index >= 15 is 0 Å². The molecule has 1 nitrogen and oxygen atoms in total. The van der Waals surface area contributed by atoms with Gasteiger partial charge >= 0.3 is 0 Å². The summed E-state index contributed by atoms with van der Waals surface area (Å²) in [4.78, 5) is 0. The highest BCUT2D eigenvalue weighted by Gasteiger charge is 2.36. The first kappa shape index (κ1) is 9.04. The topological polar surface area (TPSA) is 26.0 Å². The molecule has 0 aliphatic heterocycles. The van der Waals surface area contributed by atoms with Crippen molar-refractivity contribution < 1.29 is 0 Å². The molecule has 1 fully saturated rings. The summed E-state index contributed by atoms with van der Waals surface area (Å²) in [5.41, 5.74) is 7.12. The maximum absolute atomic E-state index is 6.10. The van der Waals surface area contributed by atoms with Crippen LogP contribution in [-0.4, -0.2) is 6.04 Å². The number of benzene rings is 1. The molecule has 1 aromatic carbocycles. The van der Waals surface area contributed by atoms with E-state index in [-0.39, 0.29) is 0 Å². The van der Waals surface area contributed by atoms with Crippen molar-refractivity contribution in [3.05, 3.63) is 34.9 Å². The van der Waals surface area contributed by atoms with Gasteiger partial charge in [0.2, 0.25) is 0 Å². The van der Waals surface area contributed by atoms with Gasteiger partial charge in [0.15, 0.2) is 0 Å². The summed E-state index contributed by atoms with van der Waals surface area (Å²) >= 11 is 6.10. The van der Waals surface area contributed by atoms with Crippen molar-refractivity contribution in [3.8, 4) is 0 Å². The van der Waals surface area contributed by atoms with Gasteiger partial charge in [0.05, 0.1) is 0 Å². The van der Waals surface area contributed by atoms with Crippen LogP contribution in [0.15, 0.2) is 24.3 Å². The van der Waals surface area contributed by atoms with Crippen LogP contribution in [0.5, 0.6) is 0 Å². The fraction of sp³-hybridized carbons (Fsp3) is 0.455. The molecule has 3 atom stereocenters. The van der Waals surface area contributed by atoms with Crippen molar-refractivity contribution in [2.24, 2.45) is 11.7 Å². The van der Waals surface area contributed by atoms with Crippen LogP contribution in [0.25, 0.3) is 0 Å². The Hall–Kier alpha value is -0.530. The minimum atomic E-state index is 0.362. The van der Waals surface area contributed by atoms with Gasteiger partial charge in [-0.15, -0.1) is 0 Å². The van der Waals surface area contributed by atoms with Crippen LogP contribution in [0.1, 0.15) is 24.8 Å². The molecule has 0 saturated heterocycles. The van der Waals surface area contributed by atoms with E-state index in [4.69, 9.17) is 17.3 Å². The molecule has 0 radical (unpaired) electrons. The average molecular weight is 196 g/mol. The van der Waals surface area contributed by atoms with Crippen molar-refractivity contribution in [3.63, 3.8) is 0 Å². The zero-order chi connectivity index (χ0) is 9.42. The molecule has 2 rings (SSSR count). The molecule has 1 aromatic rings. The molecule has 13 heavy (non-hydrogen) atoms. The average Bonchev–Trinajstić information content (AvgIpc) is 2.15. The lowest BCUT2D eigenvalue weighted by Gasteiger charge is -2.41. The van der Waals surface area contributed by atoms with E-state index in [1.165, 1.54) is 5.56 Å². The molecule has 2 heteroatoms. The van der Waals surface area contributed by atoms with E-state index in [0.29, 0.717) is 17.9 Å². The standard InChI is InChI=1S/C11H14ClN/c1-7-9(6-11(7)13)8-4-2-3-5-10(8)12/h2-5,7,9,11H,6,13H2,1H3. The summed E-state index contributed by atoms with van der Waals surface area (Å²) in [6, 6.07) is 8.43. The van der Waals surface area contributed by atoms with Gasteiger partial charge in [0.1, 0.15) is 0 Å². The summed E-state index contributed by atoms with van der Waals surface area (Å²) in [6.07, 6.45) is 1.07. The van der Waals surface area contributed by atoms with Crippen LogP contribution in [0.4, 0.5) is 0 Å². The van der Waals surface area contributed by atoms with Crippen molar-refractivity contribution in [2.75, 3.05) is 0 Å². The Balaban J connectivity index is 2.23. The van der Waals surface area contributed by atoms with E-state index < -0.39 is 0 Å². The molecule has 0 aromatic heterocycles. The van der Waals surface area contributed by atoms with Gasteiger partial charge in [0.25, 0.3) is 0 Å². The van der Waals surface area contributed by atoms with Gasteiger partial charge in [0, 0.05) is 11.1 Å². The second-order valence-electron chi connectivity index (χ2n) is 3.89. The molecule has 0 spiro atoms. The summed E-state index contributed by atoms with van der Waals surface area (Å²) in [6.45, 7) is 2.20. The Bertz CT molecular complexity index is 311. The third kappa shape index (κ3) is 1.47. The lowest BCUT2D eigenvalue weighted by atomic mass is 9.67. The predicted molar refractivity (Wildman–Crippen MR) is 55.9 cm³/mol. The van der Waals surface area contributed by atoms with Crippen LogP contribution in [0, 0.1) is 5.92 Å². The molecule has 1 aliphatic rings. The first-order valence-corrected chi connectivity index (χ1v) is 5.08. The zero-order valence-electron chi connectivity index (χ0n) is 7.70. The third-order valence-electron chi connectivity index (χ3n) is 3.14. The summed E-state index contributed by atoms with van der Waals surface area (Å²) < 4.78 is 0. The van der Waals surface area contributed by atoms with Crippen molar-refractivity contribution in [1.82, 2.24) is 0 Å². The zero-order valence-corrected chi connectivity index (χ0v) is 8.46. The van der Waals surface area contributed by atoms with E-state index in [1.54, 1.807) is 0 Å². The van der Waals surface area contributed by atoms with Crippen molar-refractivity contribution in [1.29, 1.82) is 0 Å². The molecule has 0 bridgehead atoms. The van der Waals surface area contributed by atoms with E-state index in [0.717, 1.165) is 11.4 Å². The monoisotopic (exact) mass is 195 g/mol. The molecular formula is C11H14ClN. The van der Waals surface area contributed by atoms with Gasteiger partial charge in [-0.25, -0.2) is 0 Å². The van der Waals surface area contributed by atoms with E-state index in [9.17, 15) is 0 Å². The fourth-order valence-corrected chi connectivity index (χ4v) is 2.29. The fourth-order valence-electron chi connectivity index (χ4n) is 2.01. The van der Waals surface area contributed by atoms with Gasteiger partial charge in [-0.1, -0.05) is 36.7 Å². The molecule has 70 valence electrons. The number of nitrogens with two attached hydrogens (primary N) is 1. The Morgan fingerprint density at radius 2 is 2.08 bits per heavy atom. The highest BCUT2D eigenvalue weighted by Crippen LogP contribution is 2.43. The second-order valence-corrected chi connectivity index (χ2v) is 4.29. The SMILES string of the molecule is CC1C(N)CC1c1ccccc1Cl. The minimum Gasteiger partial charge on any atom is -0.327 e. The molecule has 0 amide bonds. The van der Waals surface area contributed by atoms with Crippen LogP contribution >= 0.6 is 11.6 Å². The number of halogens is 1. The first-order chi connectivity index (χ1) is 6.20. The quantitative estimate of drug-likeness (QED) is 0.733. The van der Waals surface area contributed by atoms with Gasteiger partial charge in [-0.3, -0.25) is 0 Å². The van der Waals surface area contributed by atoms with Crippen LogP contribution < -0.4 is 5.73 Å². The Labute approximate surface area is 83.9 Å². The van der Waals surface area contributed by atoms with Gasteiger partial charge in [-0.05, 0) is 29.9 Å². The maximum atomic E-state index is 6.10. The summed E-state index contributed by atoms with van der Waals surface area (Å²) in [5.74, 6) is 1.14. The lowest BCUT2D eigenvalue weighted by Crippen LogP contribution is -2.44. The molecular weight excluding hydrogens is 182 g/mol. The number of hydrogen-bond acceptors (Lipinski definition) is 1. The molecule has 0 heterocycles. The van der Waals surface area contributed by atoms with Crippen LogP contribution in [0.2, 0.25) is 5.02 Å². The van der Waals surface area contributed by atoms with Gasteiger partial charge < -0.3 is 5.73 Å². The normalized spacial score (nSPS) is 32.7. The highest BCUT2D eigenvalue weighted by molar-refractivity contribution is 6.31. The third-order valence-corrected chi connectivity index (χ3v) is 3.49. The molecule has 1 saturated carbocycles. The van der Waals surface area contributed by atoms with Crippen LogP contribution in [0.3, 0.4) is 0 Å². The maximum Gasteiger partial charge on any atom is 0.0440 e. The Morgan fingerprint density at radius 3 is 2.62 bits per heavy atom. The first-order valence-electron chi connectivity index (χ1n) is 4.70. The predicted octanol–water partition coefficient (Wildman–Crippen LogP) is 2.79. The van der Waals surface area contributed by atoms with Crippen molar-refractivity contribution in [2.45, 2.75) is 25.3 Å². The second kappa shape index (κ2) is 3.32. The molecule has 1 aliphatic carbocycles.